The molecule has 124 valence electrons. The lowest BCUT2D eigenvalue weighted by Gasteiger charge is -2.31. The molecule has 4 heterocycles. The summed E-state index contributed by atoms with van der Waals surface area (Å²) in [5.74, 6) is 1.15. The van der Waals surface area contributed by atoms with Gasteiger partial charge in [-0.25, -0.2) is 0 Å². The van der Waals surface area contributed by atoms with Gasteiger partial charge in [-0.05, 0) is 50.0 Å². The fourth-order valence-corrected chi connectivity index (χ4v) is 3.95. The Morgan fingerprint density at radius 2 is 2.33 bits per heavy atom. The second-order valence-corrected chi connectivity index (χ2v) is 6.97. The summed E-state index contributed by atoms with van der Waals surface area (Å²) in [4.78, 5) is 7.90. The summed E-state index contributed by atoms with van der Waals surface area (Å²) in [7, 11) is 0. The topological polar surface area (TPSA) is 67.9 Å². The smallest absolute Gasteiger partial charge is 0.180 e. The minimum Gasteiger partial charge on any atom is -0.355 e. The van der Waals surface area contributed by atoms with E-state index < -0.39 is 0 Å². The van der Waals surface area contributed by atoms with Crippen LogP contribution < -0.4 is 0 Å². The molecule has 3 aromatic heterocycles. The lowest BCUT2D eigenvalue weighted by Crippen LogP contribution is -2.34. The van der Waals surface area contributed by atoms with Crippen molar-refractivity contribution in [3.8, 4) is 10.6 Å². The van der Waals surface area contributed by atoms with Crippen LogP contribution in [0.4, 0.5) is 0 Å². The average Bonchev–Trinajstić information content (AvgIpc) is 3.24. The third kappa shape index (κ3) is 3.22. The van der Waals surface area contributed by atoms with Crippen molar-refractivity contribution in [2.45, 2.75) is 32.2 Å². The normalized spacial score (nSPS) is 18.8. The predicted octanol–water partition coefficient (Wildman–Crippen LogP) is 3.28. The Labute approximate surface area is 144 Å². The average molecular weight is 341 g/mol. The van der Waals surface area contributed by atoms with Crippen molar-refractivity contribution >= 4 is 11.5 Å². The van der Waals surface area contributed by atoms with Crippen LogP contribution >= 0.6 is 11.5 Å². The summed E-state index contributed by atoms with van der Waals surface area (Å²) in [6.45, 7) is 4.88. The number of rotatable bonds is 4. The molecule has 0 saturated carbocycles. The molecule has 1 unspecified atom stereocenters. The maximum atomic E-state index is 5.42. The number of piperidine rings is 1. The van der Waals surface area contributed by atoms with E-state index in [2.05, 4.69) is 30.7 Å². The zero-order chi connectivity index (χ0) is 16.4. The van der Waals surface area contributed by atoms with Crippen LogP contribution in [-0.2, 0) is 6.54 Å². The van der Waals surface area contributed by atoms with Gasteiger partial charge in [-0.15, -0.1) is 5.10 Å². The molecular formula is C17H19N5OS. The van der Waals surface area contributed by atoms with E-state index >= 15 is 0 Å². The largest absolute Gasteiger partial charge is 0.355 e. The molecule has 6 nitrogen and oxygen atoms in total. The molecule has 24 heavy (non-hydrogen) atoms. The Hall–Kier alpha value is -2.12. The Morgan fingerprint density at radius 1 is 1.38 bits per heavy atom. The molecule has 1 aliphatic rings. The third-order valence-corrected chi connectivity index (χ3v) is 5.13. The lowest BCUT2D eigenvalue weighted by molar-refractivity contribution is 0.196. The molecule has 0 bridgehead atoms. The van der Waals surface area contributed by atoms with Crippen LogP contribution in [0.25, 0.3) is 10.6 Å². The maximum Gasteiger partial charge on any atom is 0.180 e. The molecule has 0 amide bonds. The first kappa shape index (κ1) is 15.4. The van der Waals surface area contributed by atoms with Crippen LogP contribution in [0.3, 0.4) is 0 Å². The van der Waals surface area contributed by atoms with Gasteiger partial charge in [0, 0.05) is 31.3 Å². The van der Waals surface area contributed by atoms with Gasteiger partial charge in [-0.1, -0.05) is 15.7 Å². The van der Waals surface area contributed by atoms with Crippen molar-refractivity contribution in [2.24, 2.45) is 0 Å². The first-order valence-electron chi connectivity index (χ1n) is 8.18. The molecule has 0 aliphatic carbocycles. The van der Waals surface area contributed by atoms with E-state index in [0.29, 0.717) is 5.92 Å². The van der Waals surface area contributed by atoms with E-state index in [1.54, 1.807) is 0 Å². The molecule has 0 aromatic carbocycles. The fraction of sp³-hybridized carbons (Fsp3) is 0.412. The van der Waals surface area contributed by atoms with E-state index in [4.69, 9.17) is 4.52 Å². The molecular weight excluding hydrogens is 322 g/mol. The Morgan fingerprint density at radius 3 is 3.12 bits per heavy atom. The van der Waals surface area contributed by atoms with Gasteiger partial charge in [0.15, 0.2) is 5.76 Å². The molecule has 0 radical (unpaired) electrons. The molecule has 0 spiro atoms. The van der Waals surface area contributed by atoms with E-state index in [9.17, 15) is 0 Å². The van der Waals surface area contributed by atoms with Gasteiger partial charge in [0.25, 0.3) is 0 Å². The van der Waals surface area contributed by atoms with Crippen LogP contribution in [0.2, 0.25) is 0 Å². The molecule has 1 saturated heterocycles. The summed E-state index contributed by atoms with van der Waals surface area (Å²) in [6.07, 6.45) is 4.14. The number of aromatic nitrogens is 4. The minimum atomic E-state index is 0.376. The second-order valence-electron chi connectivity index (χ2n) is 6.22. The molecule has 1 aliphatic heterocycles. The lowest BCUT2D eigenvalue weighted by atomic mass is 9.93. The Balaban J connectivity index is 1.52. The highest BCUT2D eigenvalue weighted by atomic mass is 32.1. The fourth-order valence-electron chi connectivity index (χ4n) is 3.25. The zero-order valence-electron chi connectivity index (χ0n) is 13.6. The van der Waals surface area contributed by atoms with Gasteiger partial charge in [0.1, 0.15) is 4.88 Å². The number of pyridine rings is 1. The summed E-state index contributed by atoms with van der Waals surface area (Å²) < 4.78 is 9.58. The summed E-state index contributed by atoms with van der Waals surface area (Å²) in [5.41, 5.74) is 3.03. The van der Waals surface area contributed by atoms with Crippen molar-refractivity contribution in [1.29, 1.82) is 0 Å². The number of hydrogen-bond acceptors (Lipinski definition) is 7. The molecule has 4 rings (SSSR count). The van der Waals surface area contributed by atoms with Gasteiger partial charge in [-0.3, -0.25) is 9.88 Å². The summed E-state index contributed by atoms with van der Waals surface area (Å²) >= 11 is 1.39. The van der Waals surface area contributed by atoms with E-state index in [-0.39, 0.29) is 0 Å². The van der Waals surface area contributed by atoms with Crippen molar-refractivity contribution in [3.05, 3.63) is 47.5 Å². The van der Waals surface area contributed by atoms with E-state index in [1.807, 2.05) is 31.3 Å². The minimum absolute atomic E-state index is 0.376. The van der Waals surface area contributed by atoms with Crippen molar-refractivity contribution in [3.63, 3.8) is 0 Å². The highest BCUT2D eigenvalue weighted by Gasteiger charge is 2.27. The van der Waals surface area contributed by atoms with Crippen LogP contribution in [0, 0.1) is 6.92 Å². The molecule has 3 aromatic rings. The molecule has 1 fully saturated rings. The van der Waals surface area contributed by atoms with Crippen LogP contribution in [-0.4, -0.2) is 37.7 Å². The highest BCUT2D eigenvalue weighted by molar-refractivity contribution is 7.09. The predicted molar refractivity (Wildman–Crippen MR) is 91.6 cm³/mol. The van der Waals surface area contributed by atoms with Crippen LogP contribution in [0.15, 0.2) is 35.0 Å². The second kappa shape index (κ2) is 6.78. The number of hydrogen-bond donors (Lipinski definition) is 0. The van der Waals surface area contributed by atoms with Crippen LogP contribution in [0.1, 0.15) is 35.8 Å². The maximum absolute atomic E-state index is 5.42. The van der Waals surface area contributed by atoms with Gasteiger partial charge >= 0.3 is 0 Å². The van der Waals surface area contributed by atoms with Crippen LogP contribution in [0.5, 0.6) is 0 Å². The first-order chi connectivity index (χ1) is 11.8. The molecule has 1 atom stereocenters. The standard InChI is InChI=1S/C17H19N5OS/c1-12-9-15(23-20-12)17-16(19-21-24-17)13-5-4-8-22(10-13)11-14-6-2-3-7-18-14/h2-3,6-7,9,13H,4-5,8,10-11H2,1H3. The highest BCUT2D eigenvalue weighted by Crippen LogP contribution is 2.35. The number of likely N-dealkylation sites (tertiary alicyclic amines) is 1. The monoisotopic (exact) mass is 341 g/mol. The Bertz CT molecular complexity index is 800. The van der Waals surface area contributed by atoms with Crippen molar-refractivity contribution < 1.29 is 4.52 Å². The van der Waals surface area contributed by atoms with Crippen molar-refractivity contribution in [2.75, 3.05) is 13.1 Å². The third-order valence-electron chi connectivity index (χ3n) is 4.37. The summed E-state index contributed by atoms with van der Waals surface area (Å²) in [5, 5.41) is 8.39. The van der Waals surface area contributed by atoms with E-state index in [0.717, 1.165) is 60.2 Å². The van der Waals surface area contributed by atoms with Gasteiger partial charge in [0.05, 0.1) is 17.1 Å². The SMILES string of the molecule is Cc1cc(-c2snnc2C2CCCN(Cc3ccccn3)C2)on1. The van der Waals surface area contributed by atoms with Gasteiger partial charge in [0.2, 0.25) is 0 Å². The number of nitrogens with zero attached hydrogens (tertiary/aromatic N) is 5. The summed E-state index contributed by atoms with van der Waals surface area (Å²) in [6, 6.07) is 8.03. The zero-order valence-corrected chi connectivity index (χ0v) is 14.4. The Kier molecular flexibility index (Phi) is 4.36. The quantitative estimate of drug-likeness (QED) is 0.725. The molecule has 0 N–H and O–H groups in total. The van der Waals surface area contributed by atoms with Gasteiger partial charge in [-0.2, -0.15) is 0 Å². The molecule has 7 heteroatoms. The van der Waals surface area contributed by atoms with E-state index in [1.165, 1.54) is 11.5 Å². The first-order valence-corrected chi connectivity index (χ1v) is 8.95. The van der Waals surface area contributed by atoms with Gasteiger partial charge < -0.3 is 4.52 Å². The van der Waals surface area contributed by atoms with Crippen molar-refractivity contribution in [1.82, 2.24) is 24.6 Å². The number of aryl methyl sites for hydroxylation is 1.